The number of nitrogens with two attached hydrogens (primary N) is 2. The van der Waals surface area contributed by atoms with Gasteiger partial charge in [-0.3, -0.25) is 0 Å². The molecule has 0 fully saturated rings. The molecular weight excluding hydrogens is 292 g/mol. The van der Waals surface area contributed by atoms with E-state index in [1.165, 1.54) is 0 Å². The van der Waals surface area contributed by atoms with E-state index < -0.39 is 0 Å². The minimum atomic E-state index is 0. The minimum absolute atomic E-state index is 0. The van der Waals surface area contributed by atoms with E-state index in [2.05, 4.69) is 9.68 Å². The van der Waals surface area contributed by atoms with Gasteiger partial charge in [-0.15, -0.1) is 34.0 Å². The molecule has 0 heterocycles. The van der Waals surface area contributed by atoms with Gasteiger partial charge in [-0.05, 0) is 12.8 Å². The van der Waals surface area contributed by atoms with Crippen LogP contribution in [-0.4, -0.2) is 13.2 Å². The second-order valence-electron chi connectivity index (χ2n) is 2.16. The van der Waals surface area contributed by atoms with Gasteiger partial charge in [0.1, 0.15) is 0 Å². The maximum Gasteiger partial charge on any atom is 0.0679 e. The van der Waals surface area contributed by atoms with Crippen molar-refractivity contribution in [3.05, 3.63) is 0 Å². The lowest BCUT2D eigenvalue weighted by atomic mass is 10.2. The first-order valence-corrected chi connectivity index (χ1v) is 3.55. The fourth-order valence-corrected chi connectivity index (χ4v) is 0.724. The third kappa shape index (κ3) is 17.0. The summed E-state index contributed by atoms with van der Waals surface area (Å²) in [5, 5.41) is 0. The van der Waals surface area contributed by atoms with Crippen molar-refractivity contribution >= 4 is 34.0 Å². The SMILES string of the molecule is Br.Br.NOCCCCCCON. The van der Waals surface area contributed by atoms with E-state index in [1.807, 2.05) is 0 Å². The molecule has 4 N–H and O–H groups in total. The molecule has 0 aliphatic carbocycles. The van der Waals surface area contributed by atoms with Crippen molar-refractivity contribution in [2.75, 3.05) is 13.2 Å². The van der Waals surface area contributed by atoms with Crippen molar-refractivity contribution in [3.8, 4) is 0 Å². The number of hydrogen-bond acceptors (Lipinski definition) is 4. The molecule has 78 valence electrons. The van der Waals surface area contributed by atoms with E-state index in [1.54, 1.807) is 0 Å². The van der Waals surface area contributed by atoms with Crippen LogP contribution in [0.4, 0.5) is 0 Å². The van der Waals surface area contributed by atoms with E-state index in [9.17, 15) is 0 Å². The second-order valence-corrected chi connectivity index (χ2v) is 2.16. The summed E-state index contributed by atoms with van der Waals surface area (Å²) in [6.07, 6.45) is 4.28. The molecule has 0 aromatic rings. The molecule has 0 saturated carbocycles. The Kier molecular flexibility index (Phi) is 27.5. The van der Waals surface area contributed by atoms with Gasteiger partial charge in [0.05, 0.1) is 13.2 Å². The number of halogens is 2. The Morgan fingerprint density at radius 1 is 0.667 bits per heavy atom. The van der Waals surface area contributed by atoms with Crippen LogP contribution >= 0.6 is 34.0 Å². The predicted molar refractivity (Wildman–Crippen MR) is 59.4 cm³/mol. The summed E-state index contributed by atoms with van der Waals surface area (Å²) in [5.41, 5.74) is 0. The molecule has 0 spiro atoms. The van der Waals surface area contributed by atoms with Crippen LogP contribution < -0.4 is 11.8 Å². The fraction of sp³-hybridized carbons (Fsp3) is 1.00. The highest BCUT2D eigenvalue weighted by atomic mass is 79.9. The second kappa shape index (κ2) is 17.8. The third-order valence-corrected chi connectivity index (χ3v) is 1.27. The largest absolute Gasteiger partial charge is 0.305 e. The summed E-state index contributed by atoms with van der Waals surface area (Å²) < 4.78 is 0. The van der Waals surface area contributed by atoms with Gasteiger partial charge in [-0.1, -0.05) is 12.8 Å². The van der Waals surface area contributed by atoms with Crippen LogP contribution in [0.5, 0.6) is 0 Å². The average molecular weight is 310 g/mol. The van der Waals surface area contributed by atoms with Crippen LogP contribution in [0.15, 0.2) is 0 Å². The lowest BCUT2D eigenvalue weighted by molar-refractivity contribution is 0.124. The number of rotatable bonds is 7. The minimum Gasteiger partial charge on any atom is -0.305 e. The predicted octanol–water partition coefficient (Wildman–Crippen LogP) is 1.48. The van der Waals surface area contributed by atoms with Crippen molar-refractivity contribution < 1.29 is 9.68 Å². The Bertz CT molecular complexity index is 61.5. The Labute approximate surface area is 94.4 Å². The normalized spacial score (nSPS) is 8.50. The number of unbranched alkanes of at least 4 members (excludes halogenated alkanes) is 3. The van der Waals surface area contributed by atoms with Crippen LogP contribution in [0.3, 0.4) is 0 Å². The van der Waals surface area contributed by atoms with Crippen molar-refractivity contribution in [1.82, 2.24) is 0 Å². The summed E-state index contributed by atoms with van der Waals surface area (Å²) in [7, 11) is 0. The Morgan fingerprint density at radius 3 is 1.25 bits per heavy atom. The summed E-state index contributed by atoms with van der Waals surface area (Å²) in [6.45, 7) is 1.28. The monoisotopic (exact) mass is 308 g/mol. The first-order valence-electron chi connectivity index (χ1n) is 3.55. The highest BCUT2D eigenvalue weighted by molar-refractivity contribution is 8.93. The van der Waals surface area contributed by atoms with Gasteiger partial charge in [0.25, 0.3) is 0 Å². The lowest BCUT2D eigenvalue weighted by Crippen LogP contribution is -2.02. The average Bonchev–Trinajstić information content (AvgIpc) is 1.97. The Balaban J connectivity index is -0.000000405. The van der Waals surface area contributed by atoms with Crippen molar-refractivity contribution in [2.24, 2.45) is 11.8 Å². The summed E-state index contributed by atoms with van der Waals surface area (Å²) in [6, 6.07) is 0. The molecule has 6 heteroatoms. The van der Waals surface area contributed by atoms with Crippen molar-refractivity contribution in [3.63, 3.8) is 0 Å². The van der Waals surface area contributed by atoms with E-state index >= 15 is 0 Å². The molecule has 0 aliphatic heterocycles. The lowest BCUT2D eigenvalue weighted by Gasteiger charge is -1.98. The van der Waals surface area contributed by atoms with Crippen LogP contribution in [0, 0.1) is 0 Å². The van der Waals surface area contributed by atoms with Crippen LogP contribution in [-0.2, 0) is 9.68 Å². The molecule has 0 rings (SSSR count). The van der Waals surface area contributed by atoms with E-state index in [-0.39, 0.29) is 34.0 Å². The molecule has 0 aromatic carbocycles. The van der Waals surface area contributed by atoms with E-state index in [0.29, 0.717) is 13.2 Å². The van der Waals surface area contributed by atoms with Gasteiger partial charge in [-0.25, -0.2) is 11.8 Å². The quantitative estimate of drug-likeness (QED) is 0.552. The van der Waals surface area contributed by atoms with Gasteiger partial charge < -0.3 is 9.68 Å². The smallest absolute Gasteiger partial charge is 0.0679 e. The molecule has 0 saturated heterocycles. The van der Waals surface area contributed by atoms with Crippen LogP contribution in [0.2, 0.25) is 0 Å². The van der Waals surface area contributed by atoms with E-state index in [4.69, 9.17) is 11.8 Å². The van der Waals surface area contributed by atoms with Gasteiger partial charge in [0, 0.05) is 0 Å². The highest BCUT2D eigenvalue weighted by Gasteiger charge is 1.88. The fourth-order valence-electron chi connectivity index (χ4n) is 0.724. The van der Waals surface area contributed by atoms with Gasteiger partial charge in [0.2, 0.25) is 0 Å². The van der Waals surface area contributed by atoms with Crippen LogP contribution in [0.1, 0.15) is 25.7 Å². The Morgan fingerprint density at radius 2 is 1.00 bits per heavy atom. The molecule has 0 aliphatic rings. The standard InChI is InChI=1S/C6H16N2O2.2BrH/c7-9-5-3-1-2-4-6-10-8;;/h1-8H2;2*1H. The van der Waals surface area contributed by atoms with Gasteiger partial charge >= 0.3 is 0 Å². The number of hydrogen-bond donors (Lipinski definition) is 2. The zero-order valence-corrected chi connectivity index (χ0v) is 10.5. The molecule has 12 heavy (non-hydrogen) atoms. The Hall–Kier alpha value is 0.800. The molecule has 0 unspecified atom stereocenters. The zero-order chi connectivity index (χ0) is 7.66. The van der Waals surface area contributed by atoms with Crippen molar-refractivity contribution in [1.29, 1.82) is 0 Å². The first-order chi connectivity index (χ1) is 4.91. The van der Waals surface area contributed by atoms with Gasteiger partial charge in [0.15, 0.2) is 0 Å². The third-order valence-electron chi connectivity index (χ3n) is 1.27. The molecular formula is C6H18Br2N2O2. The summed E-state index contributed by atoms with van der Waals surface area (Å²) >= 11 is 0. The molecule has 0 atom stereocenters. The molecule has 0 aromatic heterocycles. The zero-order valence-electron chi connectivity index (χ0n) is 7.03. The molecule has 0 bridgehead atoms. The summed E-state index contributed by atoms with van der Waals surface area (Å²) in [4.78, 5) is 8.78. The molecule has 0 amide bonds. The first kappa shape index (κ1) is 18.6. The maximum atomic E-state index is 4.82. The van der Waals surface area contributed by atoms with E-state index in [0.717, 1.165) is 25.7 Å². The van der Waals surface area contributed by atoms with Crippen LogP contribution in [0.25, 0.3) is 0 Å². The topological polar surface area (TPSA) is 70.5 Å². The molecule has 4 nitrogen and oxygen atoms in total. The summed E-state index contributed by atoms with van der Waals surface area (Å²) in [5.74, 6) is 9.65. The molecule has 0 radical (unpaired) electrons. The van der Waals surface area contributed by atoms with Gasteiger partial charge in [-0.2, -0.15) is 0 Å². The van der Waals surface area contributed by atoms with Crippen molar-refractivity contribution in [2.45, 2.75) is 25.7 Å². The highest BCUT2D eigenvalue weighted by Crippen LogP contribution is 1.98. The maximum absolute atomic E-state index is 4.82.